The molecule has 4 rings (SSSR count). The van der Waals surface area contributed by atoms with Gasteiger partial charge in [-0.05, 0) is 85.4 Å². The number of carbonyl (C=O) groups is 2. The minimum absolute atomic E-state index is 0.135. The molecule has 0 aliphatic heterocycles. The van der Waals surface area contributed by atoms with Crippen LogP contribution in [0.4, 0.5) is 0 Å². The van der Waals surface area contributed by atoms with E-state index < -0.39 is 5.97 Å². The van der Waals surface area contributed by atoms with Gasteiger partial charge in [-0.15, -0.1) is 0 Å². The van der Waals surface area contributed by atoms with Crippen LogP contribution in [0.1, 0.15) is 72.1 Å². The fourth-order valence-electron chi connectivity index (χ4n) is 8.18. The number of hydrogen-bond donors (Lipinski definition) is 2. The molecule has 0 heterocycles. The lowest BCUT2D eigenvalue weighted by Gasteiger charge is -2.60. The zero-order valence-corrected chi connectivity index (χ0v) is 17.6. The van der Waals surface area contributed by atoms with Crippen molar-refractivity contribution in [3.05, 3.63) is 12.2 Å². The maximum atomic E-state index is 13.3. The first kappa shape index (κ1) is 20.1. The van der Waals surface area contributed by atoms with Crippen LogP contribution in [-0.2, 0) is 9.59 Å². The highest BCUT2D eigenvalue weighted by atomic mass is 16.4. The Kier molecular flexibility index (Phi) is 5.01. The number of aliphatic carboxylic acids is 1. The van der Waals surface area contributed by atoms with Crippen molar-refractivity contribution in [3.8, 4) is 0 Å². The summed E-state index contributed by atoms with van der Waals surface area (Å²) in [6.07, 6.45) is 10.8. The van der Waals surface area contributed by atoms with E-state index in [0.717, 1.165) is 44.9 Å². The van der Waals surface area contributed by atoms with Crippen LogP contribution in [0.15, 0.2) is 12.2 Å². The highest BCUT2D eigenvalue weighted by molar-refractivity contribution is 5.83. The van der Waals surface area contributed by atoms with Crippen molar-refractivity contribution in [1.29, 1.82) is 0 Å². The van der Waals surface area contributed by atoms with Gasteiger partial charge in [0, 0.05) is 18.4 Å². The summed E-state index contributed by atoms with van der Waals surface area (Å²) in [5, 5.41) is 19.2. The molecule has 4 nitrogen and oxygen atoms in total. The quantitative estimate of drug-likeness (QED) is 0.700. The van der Waals surface area contributed by atoms with Crippen molar-refractivity contribution >= 4 is 11.8 Å². The van der Waals surface area contributed by atoms with Crippen LogP contribution in [0.3, 0.4) is 0 Å². The molecule has 28 heavy (non-hydrogen) atoms. The number of carboxylic acid groups (broad SMARTS) is 1. The van der Waals surface area contributed by atoms with Crippen molar-refractivity contribution in [1.82, 2.24) is 0 Å². The van der Waals surface area contributed by atoms with E-state index in [1.807, 2.05) is 6.08 Å². The number of rotatable bonds is 3. The molecule has 0 aromatic heterocycles. The average Bonchev–Trinajstić information content (AvgIpc) is 2.98. The maximum absolute atomic E-state index is 13.3. The van der Waals surface area contributed by atoms with Gasteiger partial charge in [-0.25, -0.2) is 4.79 Å². The largest absolute Gasteiger partial charge is 0.478 e. The number of aliphatic hydroxyl groups excluding tert-OH is 1. The predicted octanol–water partition coefficient (Wildman–Crippen LogP) is 4.46. The van der Waals surface area contributed by atoms with Crippen molar-refractivity contribution in [2.45, 2.75) is 78.2 Å². The molecule has 4 saturated carbocycles. The Labute approximate surface area is 168 Å². The monoisotopic (exact) mass is 388 g/mol. The van der Waals surface area contributed by atoms with Crippen LogP contribution in [0.2, 0.25) is 0 Å². The number of aliphatic hydroxyl groups is 1. The SMILES string of the molecule is C[C@H](/C=C/C(=O)O)C1CCC2C3C(=O)C[C@@H]4C[C@H](O)CC[C@]4(C)C3CC[C@@]21C. The van der Waals surface area contributed by atoms with Crippen LogP contribution in [0.25, 0.3) is 0 Å². The van der Waals surface area contributed by atoms with E-state index >= 15 is 0 Å². The van der Waals surface area contributed by atoms with Gasteiger partial charge in [0.1, 0.15) is 5.78 Å². The third-order valence-electron chi connectivity index (χ3n) is 9.69. The summed E-state index contributed by atoms with van der Waals surface area (Å²) in [4.78, 5) is 24.3. The molecule has 4 unspecified atom stereocenters. The molecule has 2 N–H and O–H groups in total. The lowest BCUT2D eigenvalue weighted by molar-refractivity contribution is -0.160. The smallest absolute Gasteiger partial charge is 0.327 e. The molecule has 0 aromatic carbocycles. The van der Waals surface area contributed by atoms with Gasteiger partial charge in [0.15, 0.2) is 0 Å². The molecule has 0 radical (unpaired) electrons. The highest BCUT2D eigenvalue weighted by Crippen LogP contribution is 2.67. The minimum Gasteiger partial charge on any atom is -0.478 e. The summed E-state index contributed by atoms with van der Waals surface area (Å²) in [6.45, 7) is 6.93. The Bertz CT molecular complexity index is 684. The molecule has 0 saturated heterocycles. The maximum Gasteiger partial charge on any atom is 0.327 e. The average molecular weight is 389 g/mol. The van der Waals surface area contributed by atoms with E-state index in [-0.39, 0.29) is 28.8 Å². The van der Waals surface area contributed by atoms with Crippen molar-refractivity contribution in [3.63, 3.8) is 0 Å². The standard InChI is InChI=1S/C24H36O4/c1-14(4-7-21(27)28)17-5-6-18-22-19(9-11-24(17,18)3)23(2)10-8-16(25)12-15(23)13-20(22)26/h4,7,14-19,22,25H,5-6,8-13H2,1-3H3,(H,27,28)/b7-4+/t14-,15+,16-,17?,18?,19?,22?,23+,24-/m1/s1. The Morgan fingerprint density at radius 1 is 1.11 bits per heavy atom. The summed E-state index contributed by atoms with van der Waals surface area (Å²) in [7, 11) is 0. The second-order valence-corrected chi connectivity index (χ2v) is 10.8. The molecule has 0 spiro atoms. The van der Waals surface area contributed by atoms with E-state index in [4.69, 9.17) is 5.11 Å². The zero-order valence-electron chi connectivity index (χ0n) is 17.6. The minimum atomic E-state index is -0.879. The van der Waals surface area contributed by atoms with Crippen LogP contribution in [0, 0.1) is 46.3 Å². The van der Waals surface area contributed by atoms with Gasteiger partial charge in [0.25, 0.3) is 0 Å². The number of fused-ring (bicyclic) bond motifs is 5. The third kappa shape index (κ3) is 2.98. The van der Waals surface area contributed by atoms with Gasteiger partial charge in [0.2, 0.25) is 0 Å². The first-order chi connectivity index (χ1) is 13.2. The molecule has 0 aromatic rings. The summed E-state index contributed by atoms with van der Waals surface area (Å²) in [5.41, 5.74) is 0.336. The molecule has 4 aliphatic rings. The normalized spacial score (nSPS) is 49.4. The topological polar surface area (TPSA) is 74.6 Å². The molecule has 4 fully saturated rings. The first-order valence-electron chi connectivity index (χ1n) is 11.3. The first-order valence-corrected chi connectivity index (χ1v) is 11.3. The van der Waals surface area contributed by atoms with E-state index in [1.165, 1.54) is 6.08 Å². The van der Waals surface area contributed by atoms with Crippen molar-refractivity contribution < 1.29 is 19.8 Å². The van der Waals surface area contributed by atoms with Gasteiger partial charge < -0.3 is 10.2 Å². The van der Waals surface area contributed by atoms with E-state index in [9.17, 15) is 14.7 Å². The second kappa shape index (κ2) is 6.97. The lowest BCUT2D eigenvalue weighted by Crippen LogP contribution is -2.57. The fourth-order valence-corrected chi connectivity index (χ4v) is 8.18. The molecular formula is C24H36O4. The number of hydrogen-bond acceptors (Lipinski definition) is 3. The Morgan fingerprint density at radius 3 is 2.50 bits per heavy atom. The summed E-state index contributed by atoms with van der Waals surface area (Å²) >= 11 is 0. The fraction of sp³-hybridized carbons (Fsp3) is 0.833. The molecule has 4 heteroatoms. The van der Waals surface area contributed by atoms with Gasteiger partial charge in [-0.1, -0.05) is 26.8 Å². The van der Waals surface area contributed by atoms with E-state index in [1.54, 1.807) is 0 Å². The summed E-state index contributed by atoms with van der Waals surface area (Å²) in [6, 6.07) is 0. The van der Waals surface area contributed by atoms with E-state index in [2.05, 4.69) is 20.8 Å². The molecular weight excluding hydrogens is 352 g/mol. The lowest BCUT2D eigenvalue weighted by atomic mass is 9.44. The zero-order chi connectivity index (χ0) is 20.3. The Hall–Kier alpha value is -1.16. The Balaban J connectivity index is 1.60. The number of allylic oxidation sites excluding steroid dienone is 1. The third-order valence-corrected chi connectivity index (χ3v) is 9.69. The van der Waals surface area contributed by atoms with Crippen LogP contribution in [0.5, 0.6) is 0 Å². The molecule has 4 aliphatic carbocycles. The van der Waals surface area contributed by atoms with Crippen LogP contribution < -0.4 is 0 Å². The highest BCUT2D eigenvalue weighted by Gasteiger charge is 2.62. The molecule has 156 valence electrons. The number of Topliss-reactive ketones (excluding diaryl/α,β-unsaturated/α-hetero) is 1. The van der Waals surface area contributed by atoms with Crippen LogP contribution in [-0.4, -0.2) is 28.1 Å². The predicted molar refractivity (Wildman–Crippen MR) is 108 cm³/mol. The van der Waals surface area contributed by atoms with Gasteiger partial charge in [-0.3, -0.25) is 4.79 Å². The number of carboxylic acids is 1. The summed E-state index contributed by atoms with van der Waals surface area (Å²) < 4.78 is 0. The molecule has 0 bridgehead atoms. The van der Waals surface area contributed by atoms with Crippen molar-refractivity contribution in [2.75, 3.05) is 0 Å². The van der Waals surface area contributed by atoms with Gasteiger partial charge in [0.05, 0.1) is 6.10 Å². The number of carbonyl (C=O) groups excluding carboxylic acids is 1. The van der Waals surface area contributed by atoms with E-state index in [0.29, 0.717) is 35.9 Å². The van der Waals surface area contributed by atoms with Gasteiger partial charge >= 0.3 is 5.97 Å². The second-order valence-electron chi connectivity index (χ2n) is 10.8. The van der Waals surface area contributed by atoms with Gasteiger partial charge in [-0.2, -0.15) is 0 Å². The Morgan fingerprint density at radius 2 is 1.79 bits per heavy atom. The summed E-state index contributed by atoms with van der Waals surface area (Å²) in [5.74, 6) is 1.69. The van der Waals surface area contributed by atoms with Crippen LogP contribution >= 0.6 is 0 Å². The van der Waals surface area contributed by atoms with Crippen molar-refractivity contribution in [2.24, 2.45) is 46.3 Å². The number of ketones is 1. The molecule has 9 atom stereocenters. The molecule has 0 amide bonds.